The van der Waals surface area contributed by atoms with Gasteiger partial charge in [-0.15, -0.1) is 0 Å². The molecular weight excluding hydrogens is 368 g/mol. The number of ether oxygens (including phenoxy) is 8. The Morgan fingerprint density at radius 1 is 0.929 bits per heavy atom. The lowest BCUT2D eigenvalue weighted by molar-refractivity contribution is -0.376. The van der Waals surface area contributed by atoms with E-state index in [9.17, 15) is 0 Å². The van der Waals surface area contributed by atoms with Crippen molar-refractivity contribution in [3.8, 4) is 0 Å². The van der Waals surface area contributed by atoms with Crippen molar-refractivity contribution in [3.63, 3.8) is 0 Å². The minimum atomic E-state index is -0.631. The molecule has 6 atom stereocenters. The van der Waals surface area contributed by atoms with Gasteiger partial charge in [-0.3, -0.25) is 0 Å². The Morgan fingerprint density at radius 2 is 1.61 bits per heavy atom. The molecule has 2 saturated heterocycles. The molecule has 0 radical (unpaired) electrons. The first-order valence-electron chi connectivity index (χ1n) is 9.67. The van der Waals surface area contributed by atoms with Crippen LogP contribution >= 0.6 is 0 Å². The Hall–Kier alpha value is -1.10. The van der Waals surface area contributed by atoms with Gasteiger partial charge in [0.25, 0.3) is 0 Å². The Morgan fingerprint density at radius 3 is 2.25 bits per heavy atom. The van der Waals surface area contributed by atoms with Crippen LogP contribution in [-0.4, -0.2) is 71.2 Å². The van der Waals surface area contributed by atoms with Crippen LogP contribution in [0.2, 0.25) is 0 Å². The van der Waals surface area contributed by atoms with Crippen LogP contribution < -0.4 is 0 Å². The number of fused-ring (bicyclic) bond motifs is 1. The Balaban J connectivity index is 1.76. The highest BCUT2D eigenvalue weighted by Crippen LogP contribution is 2.36. The van der Waals surface area contributed by atoms with Gasteiger partial charge >= 0.3 is 0 Å². The summed E-state index contributed by atoms with van der Waals surface area (Å²) in [5.74, 6) is 0. The quantitative estimate of drug-likeness (QED) is 0.439. The molecule has 28 heavy (non-hydrogen) atoms. The zero-order valence-corrected chi connectivity index (χ0v) is 16.7. The molecule has 0 N–H and O–H groups in total. The fourth-order valence-corrected chi connectivity index (χ4v) is 3.30. The van der Waals surface area contributed by atoms with E-state index in [1.807, 2.05) is 44.2 Å². The lowest BCUT2D eigenvalue weighted by Gasteiger charge is -2.48. The van der Waals surface area contributed by atoms with E-state index in [0.29, 0.717) is 19.8 Å². The second kappa shape index (κ2) is 11.2. The molecule has 0 aromatic heterocycles. The summed E-state index contributed by atoms with van der Waals surface area (Å²) in [5, 5.41) is 0. The number of methoxy groups -OCH3 is 1. The summed E-state index contributed by atoms with van der Waals surface area (Å²) in [6.07, 6.45) is -2.88. The Kier molecular flexibility index (Phi) is 8.63. The third-order valence-electron chi connectivity index (χ3n) is 4.68. The maximum Gasteiger partial charge on any atom is 0.186 e. The second-order valence-corrected chi connectivity index (χ2v) is 6.44. The molecule has 158 valence electrons. The summed E-state index contributed by atoms with van der Waals surface area (Å²) in [5.41, 5.74) is 0.935. The molecular formula is C20H30O8. The van der Waals surface area contributed by atoms with E-state index in [-0.39, 0.29) is 19.7 Å². The molecule has 3 rings (SSSR count). The molecule has 1 unspecified atom stereocenters. The molecule has 2 aliphatic heterocycles. The summed E-state index contributed by atoms with van der Waals surface area (Å²) in [6, 6.07) is 9.78. The third kappa shape index (κ3) is 5.28. The average molecular weight is 398 g/mol. The number of hydrogen-bond donors (Lipinski definition) is 0. The molecule has 1 aromatic carbocycles. The predicted octanol–water partition coefficient (Wildman–Crippen LogP) is 2.23. The zero-order valence-electron chi connectivity index (χ0n) is 16.7. The van der Waals surface area contributed by atoms with Gasteiger partial charge in [0.05, 0.1) is 6.61 Å². The Labute approximate surface area is 165 Å². The van der Waals surface area contributed by atoms with Crippen LogP contribution in [0, 0.1) is 0 Å². The van der Waals surface area contributed by atoms with Gasteiger partial charge < -0.3 is 37.9 Å². The molecule has 0 amide bonds. The van der Waals surface area contributed by atoms with E-state index in [2.05, 4.69) is 0 Å². The lowest BCUT2D eigenvalue weighted by Crippen LogP contribution is -2.63. The van der Waals surface area contributed by atoms with Crippen LogP contribution in [0.15, 0.2) is 30.3 Å². The summed E-state index contributed by atoms with van der Waals surface area (Å²) in [4.78, 5) is 0. The van der Waals surface area contributed by atoms with Gasteiger partial charge in [0.1, 0.15) is 38.0 Å². The van der Waals surface area contributed by atoms with E-state index in [0.717, 1.165) is 5.56 Å². The maximum atomic E-state index is 6.24. The molecule has 0 spiro atoms. The first-order valence-corrected chi connectivity index (χ1v) is 9.67. The van der Waals surface area contributed by atoms with Gasteiger partial charge in [-0.1, -0.05) is 30.3 Å². The first-order chi connectivity index (χ1) is 13.8. The van der Waals surface area contributed by atoms with Gasteiger partial charge in [-0.2, -0.15) is 0 Å². The molecule has 0 saturated carbocycles. The van der Waals surface area contributed by atoms with E-state index in [4.69, 9.17) is 37.9 Å². The maximum absolute atomic E-state index is 6.24. The Bertz CT molecular complexity index is 556. The van der Waals surface area contributed by atoms with Crippen LogP contribution in [0.3, 0.4) is 0 Å². The van der Waals surface area contributed by atoms with Crippen molar-refractivity contribution in [2.24, 2.45) is 0 Å². The first kappa shape index (κ1) is 21.6. The van der Waals surface area contributed by atoms with Gasteiger partial charge in [-0.05, 0) is 13.8 Å². The minimum absolute atomic E-state index is 0.106. The molecule has 0 aliphatic carbocycles. The van der Waals surface area contributed by atoms with Crippen molar-refractivity contribution in [3.05, 3.63) is 35.9 Å². The van der Waals surface area contributed by atoms with Gasteiger partial charge in [-0.25, -0.2) is 0 Å². The number of benzene rings is 1. The zero-order chi connectivity index (χ0) is 19.8. The van der Waals surface area contributed by atoms with E-state index in [1.165, 1.54) is 0 Å². The smallest absolute Gasteiger partial charge is 0.186 e. The largest absolute Gasteiger partial charge is 0.356 e. The van der Waals surface area contributed by atoms with E-state index in [1.54, 1.807) is 7.11 Å². The van der Waals surface area contributed by atoms with Crippen molar-refractivity contribution < 1.29 is 37.9 Å². The number of rotatable bonds is 10. The molecule has 8 nitrogen and oxygen atoms in total. The molecule has 0 bridgehead atoms. The predicted molar refractivity (Wildman–Crippen MR) is 98.4 cm³/mol. The van der Waals surface area contributed by atoms with E-state index >= 15 is 0 Å². The lowest BCUT2D eigenvalue weighted by atomic mass is 9.97. The fourth-order valence-electron chi connectivity index (χ4n) is 3.30. The van der Waals surface area contributed by atoms with Crippen molar-refractivity contribution >= 4 is 0 Å². The van der Waals surface area contributed by atoms with Crippen LogP contribution in [-0.2, 0) is 37.9 Å². The molecule has 2 fully saturated rings. The topological polar surface area (TPSA) is 73.8 Å². The normalized spacial score (nSPS) is 32.8. The summed E-state index contributed by atoms with van der Waals surface area (Å²) in [7, 11) is 1.57. The summed E-state index contributed by atoms with van der Waals surface area (Å²) in [6.45, 7) is 5.49. The summed E-state index contributed by atoms with van der Waals surface area (Å²) >= 11 is 0. The van der Waals surface area contributed by atoms with Crippen LogP contribution in [0.5, 0.6) is 0 Å². The van der Waals surface area contributed by atoms with Crippen molar-refractivity contribution in [1.29, 1.82) is 0 Å². The van der Waals surface area contributed by atoms with Gasteiger partial charge in [0.2, 0.25) is 0 Å². The minimum Gasteiger partial charge on any atom is -0.356 e. The highest BCUT2D eigenvalue weighted by atomic mass is 16.8. The van der Waals surface area contributed by atoms with Crippen molar-refractivity contribution in [2.75, 3.05) is 40.5 Å². The molecule has 1 aromatic rings. The fraction of sp³-hybridized carbons (Fsp3) is 0.700. The van der Waals surface area contributed by atoms with Crippen molar-refractivity contribution in [1.82, 2.24) is 0 Å². The molecule has 2 heterocycles. The second-order valence-electron chi connectivity index (χ2n) is 6.44. The van der Waals surface area contributed by atoms with E-state index < -0.39 is 30.9 Å². The van der Waals surface area contributed by atoms with Crippen LogP contribution in [0.1, 0.15) is 25.7 Å². The highest BCUT2D eigenvalue weighted by molar-refractivity contribution is 5.16. The summed E-state index contributed by atoms with van der Waals surface area (Å²) < 4.78 is 46.3. The SMILES string of the molecule is CCOCO[C@@H]1[C@@H](OCOCC)[C@H](OC)O[C@@H]2COC(c3ccccc3)O[C@@H]12. The number of hydrogen-bond acceptors (Lipinski definition) is 8. The average Bonchev–Trinajstić information content (AvgIpc) is 2.75. The molecule has 8 heteroatoms. The van der Waals surface area contributed by atoms with Gasteiger partial charge in [0, 0.05) is 25.9 Å². The van der Waals surface area contributed by atoms with Crippen LogP contribution in [0.25, 0.3) is 0 Å². The standard InChI is InChI=1S/C20H30O8/c1-4-22-12-25-17-16-15(27-20(21-3)18(17)26-13-23-5-2)11-24-19(28-16)14-9-7-6-8-10-14/h6-10,15-20H,4-5,11-13H2,1-3H3/t15-,16-,17+,18-,19?,20-/m1/s1. The van der Waals surface area contributed by atoms with Gasteiger partial charge in [0.15, 0.2) is 12.6 Å². The molecule has 2 aliphatic rings. The monoisotopic (exact) mass is 398 g/mol. The van der Waals surface area contributed by atoms with Crippen molar-refractivity contribution in [2.45, 2.75) is 50.8 Å². The van der Waals surface area contributed by atoms with Crippen LogP contribution in [0.4, 0.5) is 0 Å². The highest BCUT2D eigenvalue weighted by Gasteiger charge is 2.51. The third-order valence-corrected chi connectivity index (χ3v) is 4.68.